The van der Waals surface area contributed by atoms with E-state index in [1.165, 1.54) is 0 Å². The molecule has 1 fully saturated rings. The Morgan fingerprint density at radius 3 is 2.83 bits per heavy atom. The van der Waals surface area contributed by atoms with E-state index in [1.54, 1.807) is 10.9 Å². The van der Waals surface area contributed by atoms with Gasteiger partial charge in [0.2, 0.25) is 5.95 Å². The molecular formula is C16H20N8. The number of aryl methyl sites for hydroxylation is 1. The summed E-state index contributed by atoms with van der Waals surface area (Å²) in [4.78, 5) is 15.4. The largest absolute Gasteiger partial charge is 0.368 e. The van der Waals surface area contributed by atoms with E-state index in [0.717, 1.165) is 37.6 Å². The van der Waals surface area contributed by atoms with Crippen molar-refractivity contribution in [1.82, 2.24) is 29.3 Å². The molecule has 124 valence electrons. The molecule has 1 aliphatic rings. The number of nitrogen functional groups attached to an aromatic ring is 1. The lowest BCUT2D eigenvalue weighted by molar-refractivity contribution is 0.538. The number of nitrogens with two attached hydrogens (primary N) is 1. The second-order valence-corrected chi connectivity index (χ2v) is 6.01. The number of aromatic nitrogens is 6. The zero-order chi connectivity index (χ0) is 16.5. The van der Waals surface area contributed by atoms with Gasteiger partial charge in [-0.2, -0.15) is 15.1 Å². The van der Waals surface area contributed by atoms with Crippen molar-refractivity contribution < 1.29 is 0 Å². The molecule has 8 heteroatoms. The number of rotatable bonds is 4. The number of imidazole rings is 1. The van der Waals surface area contributed by atoms with Crippen LogP contribution in [0.1, 0.15) is 18.7 Å². The maximum atomic E-state index is 5.93. The second kappa shape index (κ2) is 5.95. The van der Waals surface area contributed by atoms with E-state index in [4.69, 9.17) is 5.73 Å². The quantitative estimate of drug-likeness (QED) is 0.780. The van der Waals surface area contributed by atoms with Gasteiger partial charge in [-0.1, -0.05) is 0 Å². The molecule has 0 bridgehead atoms. The predicted octanol–water partition coefficient (Wildman–Crippen LogP) is 1.42. The van der Waals surface area contributed by atoms with Crippen molar-refractivity contribution in [3.8, 4) is 5.82 Å². The molecule has 0 spiro atoms. The lowest BCUT2D eigenvalue weighted by Gasteiger charge is -2.26. The lowest BCUT2D eigenvalue weighted by atomic mass is 10.2. The van der Waals surface area contributed by atoms with E-state index in [-0.39, 0.29) is 5.95 Å². The maximum absolute atomic E-state index is 5.93. The van der Waals surface area contributed by atoms with E-state index in [1.807, 2.05) is 37.6 Å². The predicted molar refractivity (Wildman–Crippen MR) is 90.9 cm³/mol. The Bertz CT molecular complexity index is 822. The van der Waals surface area contributed by atoms with Crippen LogP contribution in [0.15, 0.2) is 36.9 Å². The fourth-order valence-electron chi connectivity index (χ4n) is 3.26. The topological polar surface area (TPSA) is 90.7 Å². The first-order valence-corrected chi connectivity index (χ1v) is 8.09. The normalized spacial score (nSPS) is 17.5. The smallest absolute Gasteiger partial charge is 0.224 e. The summed E-state index contributed by atoms with van der Waals surface area (Å²) in [5, 5.41) is 4.23. The first-order valence-electron chi connectivity index (χ1n) is 8.09. The zero-order valence-electron chi connectivity index (χ0n) is 13.6. The van der Waals surface area contributed by atoms with Gasteiger partial charge in [-0.15, -0.1) is 0 Å². The van der Waals surface area contributed by atoms with Gasteiger partial charge in [0.05, 0.1) is 0 Å². The number of anilines is 2. The molecule has 1 aliphatic heterocycles. The molecule has 0 amide bonds. The molecule has 0 aromatic carbocycles. The molecule has 0 saturated carbocycles. The van der Waals surface area contributed by atoms with Crippen LogP contribution in [0.3, 0.4) is 0 Å². The third-order valence-electron chi connectivity index (χ3n) is 4.46. The zero-order valence-corrected chi connectivity index (χ0v) is 13.6. The van der Waals surface area contributed by atoms with Crippen LogP contribution in [-0.4, -0.2) is 41.9 Å². The summed E-state index contributed by atoms with van der Waals surface area (Å²) in [5.41, 5.74) is 5.93. The Morgan fingerprint density at radius 1 is 1.21 bits per heavy atom. The molecule has 1 atom stereocenters. The monoisotopic (exact) mass is 324 g/mol. The molecule has 24 heavy (non-hydrogen) atoms. The summed E-state index contributed by atoms with van der Waals surface area (Å²) in [6.45, 7) is 3.89. The van der Waals surface area contributed by atoms with Crippen LogP contribution in [0.5, 0.6) is 0 Å². The van der Waals surface area contributed by atoms with Gasteiger partial charge in [0.1, 0.15) is 11.6 Å². The van der Waals surface area contributed by atoms with Gasteiger partial charge in [-0.05, 0) is 25.8 Å². The molecule has 2 N–H and O–H groups in total. The van der Waals surface area contributed by atoms with Crippen LogP contribution in [0.4, 0.5) is 11.8 Å². The van der Waals surface area contributed by atoms with Crippen molar-refractivity contribution in [3.05, 3.63) is 42.7 Å². The molecule has 3 aromatic heterocycles. The molecule has 0 unspecified atom stereocenters. The highest BCUT2D eigenvalue weighted by molar-refractivity contribution is 5.49. The maximum Gasteiger partial charge on any atom is 0.224 e. The Hall–Kier alpha value is -2.90. The highest BCUT2D eigenvalue weighted by Gasteiger charge is 2.27. The van der Waals surface area contributed by atoms with Crippen molar-refractivity contribution in [2.75, 3.05) is 17.2 Å². The fraction of sp³-hybridized carbons (Fsp3) is 0.375. The van der Waals surface area contributed by atoms with Crippen molar-refractivity contribution >= 4 is 11.8 Å². The number of hydrogen-bond acceptors (Lipinski definition) is 6. The van der Waals surface area contributed by atoms with Crippen LogP contribution < -0.4 is 10.6 Å². The van der Waals surface area contributed by atoms with Crippen molar-refractivity contribution in [2.24, 2.45) is 0 Å². The van der Waals surface area contributed by atoms with Gasteiger partial charge >= 0.3 is 0 Å². The standard InChI is InChI=1S/C16H20N8/c1-12-18-6-9-22(12)11-13-4-2-7-23(13)14-10-15(21-16(17)20-14)24-8-3-5-19-24/h3,5-6,8-10,13H,2,4,7,11H2,1H3,(H2,17,20,21)/t13-/m0/s1. The second-order valence-electron chi connectivity index (χ2n) is 6.01. The summed E-state index contributed by atoms with van der Waals surface area (Å²) in [5.74, 6) is 2.84. The van der Waals surface area contributed by atoms with Crippen LogP contribution in [0.2, 0.25) is 0 Å². The summed E-state index contributed by atoms with van der Waals surface area (Å²) in [7, 11) is 0. The van der Waals surface area contributed by atoms with Crippen molar-refractivity contribution in [3.63, 3.8) is 0 Å². The van der Waals surface area contributed by atoms with Gasteiger partial charge in [0.15, 0.2) is 5.82 Å². The molecule has 3 aromatic rings. The molecule has 0 radical (unpaired) electrons. The Kier molecular flexibility index (Phi) is 3.64. The summed E-state index contributed by atoms with van der Waals surface area (Å²) in [6.07, 6.45) is 9.70. The Morgan fingerprint density at radius 2 is 2.08 bits per heavy atom. The number of nitrogens with zero attached hydrogens (tertiary/aromatic N) is 7. The molecule has 1 saturated heterocycles. The van der Waals surface area contributed by atoms with E-state index in [2.05, 4.69) is 29.5 Å². The van der Waals surface area contributed by atoms with Crippen LogP contribution >= 0.6 is 0 Å². The van der Waals surface area contributed by atoms with Gasteiger partial charge in [0, 0.05) is 50.0 Å². The van der Waals surface area contributed by atoms with Crippen molar-refractivity contribution in [2.45, 2.75) is 32.4 Å². The summed E-state index contributed by atoms with van der Waals surface area (Å²) in [6, 6.07) is 4.18. The molecule has 4 rings (SSSR count). The molecule has 8 nitrogen and oxygen atoms in total. The van der Waals surface area contributed by atoms with Gasteiger partial charge in [0.25, 0.3) is 0 Å². The third kappa shape index (κ3) is 2.70. The summed E-state index contributed by atoms with van der Waals surface area (Å²) >= 11 is 0. The van der Waals surface area contributed by atoms with E-state index < -0.39 is 0 Å². The van der Waals surface area contributed by atoms with Crippen LogP contribution in [-0.2, 0) is 6.54 Å². The van der Waals surface area contributed by atoms with Gasteiger partial charge < -0.3 is 15.2 Å². The van der Waals surface area contributed by atoms with Crippen LogP contribution in [0.25, 0.3) is 5.82 Å². The van der Waals surface area contributed by atoms with Gasteiger partial charge in [-0.3, -0.25) is 0 Å². The Labute approximate surface area is 140 Å². The molecular weight excluding hydrogens is 304 g/mol. The minimum Gasteiger partial charge on any atom is -0.368 e. The number of hydrogen-bond donors (Lipinski definition) is 1. The molecule has 0 aliphatic carbocycles. The SMILES string of the molecule is Cc1nccn1C[C@@H]1CCCN1c1cc(-n2cccn2)nc(N)n1. The van der Waals surface area contributed by atoms with Crippen LogP contribution in [0, 0.1) is 6.92 Å². The van der Waals surface area contributed by atoms with E-state index in [9.17, 15) is 0 Å². The summed E-state index contributed by atoms with van der Waals surface area (Å²) < 4.78 is 3.88. The minimum atomic E-state index is 0.266. The fourth-order valence-corrected chi connectivity index (χ4v) is 3.26. The minimum absolute atomic E-state index is 0.266. The molecule has 4 heterocycles. The van der Waals surface area contributed by atoms with Gasteiger partial charge in [-0.25, -0.2) is 9.67 Å². The third-order valence-corrected chi connectivity index (χ3v) is 4.46. The first kappa shape index (κ1) is 14.7. The van der Waals surface area contributed by atoms with E-state index in [0.29, 0.717) is 11.9 Å². The highest BCUT2D eigenvalue weighted by Crippen LogP contribution is 2.26. The Balaban J connectivity index is 1.63. The average Bonchev–Trinajstić information content (AvgIpc) is 3.30. The average molecular weight is 324 g/mol. The van der Waals surface area contributed by atoms with E-state index >= 15 is 0 Å². The first-order chi connectivity index (χ1) is 11.7. The lowest BCUT2D eigenvalue weighted by Crippen LogP contribution is -2.34. The highest BCUT2D eigenvalue weighted by atomic mass is 15.3. The van der Waals surface area contributed by atoms with Crippen molar-refractivity contribution in [1.29, 1.82) is 0 Å².